The number of aryl methyl sites for hydroxylation is 1. The molecule has 0 unspecified atom stereocenters. The molecule has 0 bridgehead atoms. The van der Waals surface area contributed by atoms with Gasteiger partial charge in [-0.25, -0.2) is 13.3 Å². The molecule has 0 heterocycles. The second kappa shape index (κ2) is 7.08. The molecule has 128 valence electrons. The van der Waals surface area contributed by atoms with E-state index < -0.39 is 19.2 Å². The highest BCUT2D eigenvalue weighted by molar-refractivity contribution is 7.63. The summed E-state index contributed by atoms with van der Waals surface area (Å²) in [5.41, 5.74) is 0.624. The minimum absolute atomic E-state index is 0.231. The average molecular weight is 360 g/mol. The van der Waals surface area contributed by atoms with Crippen molar-refractivity contribution in [3.63, 3.8) is 0 Å². The normalized spacial score (nSPS) is 11.2. The Kier molecular flexibility index (Phi) is 4.86. The van der Waals surface area contributed by atoms with Gasteiger partial charge >= 0.3 is 7.60 Å². The van der Waals surface area contributed by atoms with Crippen LogP contribution in [0.15, 0.2) is 72.8 Å². The second-order valence-corrected chi connectivity index (χ2v) is 7.17. The SMILES string of the molecule is Cc1ccccc1P(=O)(Oc1ccccc1F)Oc1ccccc1F. The van der Waals surface area contributed by atoms with Crippen LogP contribution >= 0.6 is 7.60 Å². The van der Waals surface area contributed by atoms with Gasteiger partial charge in [0.05, 0.1) is 5.30 Å². The number of halogens is 2. The van der Waals surface area contributed by atoms with Gasteiger partial charge in [-0.1, -0.05) is 42.5 Å². The van der Waals surface area contributed by atoms with E-state index in [4.69, 9.17) is 9.05 Å². The molecule has 0 aliphatic rings. The standard InChI is InChI=1S/C19H15F2O3P/c1-14-8-2-7-13-19(14)25(22,23-17-11-5-3-9-15(17)20)24-18-12-6-4-10-16(18)21/h2-13H,1H3. The van der Waals surface area contributed by atoms with Crippen LogP contribution in [-0.2, 0) is 4.57 Å². The van der Waals surface area contributed by atoms with E-state index in [0.29, 0.717) is 5.56 Å². The van der Waals surface area contributed by atoms with Gasteiger partial charge in [0.2, 0.25) is 0 Å². The van der Waals surface area contributed by atoms with Gasteiger partial charge in [-0.15, -0.1) is 0 Å². The minimum Gasteiger partial charge on any atom is -0.410 e. The van der Waals surface area contributed by atoms with Gasteiger partial charge in [-0.3, -0.25) is 0 Å². The fourth-order valence-corrected chi connectivity index (χ4v) is 4.11. The Bertz CT molecular complexity index is 892. The van der Waals surface area contributed by atoms with Gasteiger partial charge in [-0.05, 0) is 42.8 Å². The Balaban J connectivity index is 2.08. The van der Waals surface area contributed by atoms with Gasteiger partial charge in [0.1, 0.15) is 0 Å². The topological polar surface area (TPSA) is 35.5 Å². The molecule has 0 N–H and O–H groups in total. The second-order valence-electron chi connectivity index (χ2n) is 5.33. The summed E-state index contributed by atoms with van der Waals surface area (Å²) in [7, 11) is -4.09. The lowest BCUT2D eigenvalue weighted by atomic mass is 10.2. The van der Waals surface area contributed by atoms with Crippen molar-refractivity contribution in [1.29, 1.82) is 0 Å². The van der Waals surface area contributed by atoms with Crippen LogP contribution in [0.2, 0.25) is 0 Å². The Hall–Kier alpha value is -2.65. The average Bonchev–Trinajstić information content (AvgIpc) is 2.59. The molecule has 25 heavy (non-hydrogen) atoms. The van der Waals surface area contributed by atoms with Crippen molar-refractivity contribution in [3.05, 3.63) is 90.0 Å². The monoisotopic (exact) mass is 360 g/mol. The van der Waals surface area contributed by atoms with E-state index in [-0.39, 0.29) is 16.8 Å². The van der Waals surface area contributed by atoms with Crippen LogP contribution < -0.4 is 14.4 Å². The van der Waals surface area contributed by atoms with Gasteiger partial charge in [-0.2, -0.15) is 0 Å². The first-order valence-electron chi connectivity index (χ1n) is 7.54. The maximum absolute atomic E-state index is 14.0. The van der Waals surface area contributed by atoms with Crippen LogP contribution in [0.5, 0.6) is 11.5 Å². The van der Waals surface area contributed by atoms with Crippen LogP contribution in [0.1, 0.15) is 5.56 Å². The van der Waals surface area contributed by atoms with Crippen LogP contribution in [-0.4, -0.2) is 0 Å². The van der Waals surface area contributed by atoms with Gasteiger partial charge in [0.25, 0.3) is 0 Å². The lowest BCUT2D eigenvalue weighted by Crippen LogP contribution is -2.18. The maximum Gasteiger partial charge on any atom is 0.463 e. The molecule has 3 rings (SSSR count). The van der Waals surface area contributed by atoms with E-state index in [1.54, 1.807) is 43.3 Å². The number of hydrogen-bond acceptors (Lipinski definition) is 3. The van der Waals surface area contributed by atoms with Gasteiger partial charge < -0.3 is 9.05 Å². The predicted octanol–water partition coefficient (Wildman–Crippen LogP) is 5.25. The zero-order valence-corrected chi connectivity index (χ0v) is 14.3. The quantitative estimate of drug-likeness (QED) is 0.583. The molecule has 0 radical (unpaired) electrons. The molecule has 6 heteroatoms. The van der Waals surface area contributed by atoms with E-state index in [1.165, 1.54) is 36.4 Å². The van der Waals surface area contributed by atoms with Crippen molar-refractivity contribution < 1.29 is 22.4 Å². The van der Waals surface area contributed by atoms with Gasteiger partial charge in [0, 0.05) is 0 Å². The van der Waals surface area contributed by atoms with Crippen molar-refractivity contribution in [2.24, 2.45) is 0 Å². The third-order valence-electron chi connectivity index (χ3n) is 3.52. The summed E-state index contributed by atoms with van der Waals surface area (Å²) in [5.74, 6) is -1.84. The lowest BCUT2D eigenvalue weighted by molar-refractivity contribution is 0.378. The summed E-state index contributed by atoms with van der Waals surface area (Å²) in [6.07, 6.45) is 0. The highest BCUT2D eigenvalue weighted by atomic mass is 31.2. The molecule has 0 atom stereocenters. The molecule has 0 aliphatic carbocycles. The summed E-state index contributed by atoms with van der Waals surface area (Å²) in [4.78, 5) is 0. The Morgan fingerprint density at radius 3 is 1.64 bits per heavy atom. The summed E-state index contributed by atoms with van der Waals surface area (Å²) in [6, 6.07) is 17.8. The van der Waals surface area contributed by atoms with Gasteiger partial charge in [0.15, 0.2) is 23.1 Å². The molecular formula is C19H15F2O3P. The van der Waals surface area contributed by atoms with Crippen LogP contribution in [0.4, 0.5) is 8.78 Å². The molecule has 0 saturated carbocycles. The lowest BCUT2D eigenvalue weighted by Gasteiger charge is -2.22. The first-order valence-corrected chi connectivity index (χ1v) is 9.08. The number of hydrogen-bond donors (Lipinski definition) is 0. The van der Waals surface area contributed by atoms with Crippen molar-refractivity contribution in [2.75, 3.05) is 0 Å². The highest BCUT2D eigenvalue weighted by Gasteiger charge is 2.34. The molecule has 0 aliphatic heterocycles. The number of rotatable bonds is 5. The van der Waals surface area contributed by atoms with Crippen LogP contribution in [0.25, 0.3) is 0 Å². The van der Waals surface area contributed by atoms with Crippen LogP contribution in [0, 0.1) is 18.6 Å². The predicted molar refractivity (Wildman–Crippen MR) is 92.5 cm³/mol. The largest absolute Gasteiger partial charge is 0.463 e. The highest BCUT2D eigenvalue weighted by Crippen LogP contribution is 2.49. The van der Waals surface area contributed by atoms with Crippen molar-refractivity contribution in [3.8, 4) is 11.5 Å². The fraction of sp³-hybridized carbons (Fsp3) is 0.0526. The summed E-state index contributed by atoms with van der Waals surface area (Å²) in [6.45, 7) is 1.72. The molecule has 0 saturated heterocycles. The minimum atomic E-state index is -4.09. The molecule has 0 spiro atoms. The number of benzene rings is 3. The third-order valence-corrected chi connectivity index (χ3v) is 5.49. The van der Waals surface area contributed by atoms with E-state index in [2.05, 4.69) is 0 Å². The van der Waals surface area contributed by atoms with E-state index >= 15 is 0 Å². The smallest absolute Gasteiger partial charge is 0.410 e. The van der Waals surface area contributed by atoms with Crippen LogP contribution in [0.3, 0.4) is 0 Å². The third kappa shape index (κ3) is 3.72. The first-order chi connectivity index (χ1) is 12.0. The van der Waals surface area contributed by atoms with E-state index in [0.717, 1.165) is 0 Å². The molecule has 3 aromatic rings. The molecule has 3 aromatic carbocycles. The van der Waals surface area contributed by atoms with Crippen molar-refractivity contribution in [1.82, 2.24) is 0 Å². The Morgan fingerprint density at radius 1 is 0.720 bits per heavy atom. The first kappa shape index (κ1) is 17.2. The molecular weight excluding hydrogens is 345 g/mol. The zero-order chi connectivity index (χ0) is 17.9. The molecule has 3 nitrogen and oxygen atoms in total. The molecule has 0 fully saturated rings. The molecule has 0 amide bonds. The summed E-state index contributed by atoms with van der Waals surface area (Å²) >= 11 is 0. The van der Waals surface area contributed by atoms with Crippen molar-refractivity contribution >= 4 is 12.9 Å². The fourth-order valence-electron chi connectivity index (χ4n) is 2.28. The van der Waals surface area contributed by atoms with Crippen molar-refractivity contribution in [2.45, 2.75) is 6.92 Å². The maximum atomic E-state index is 14.0. The number of para-hydroxylation sites is 2. The summed E-state index contributed by atoms with van der Waals surface area (Å²) in [5, 5.41) is 0.238. The molecule has 0 aromatic heterocycles. The Morgan fingerprint density at radius 2 is 1.16 bits per heavy atom. The summed E-state index contributed by atoms with van der Waals surface area (Å²) < 4.78 is 52.4. The Labute approximate surface area is 144 Å². The van der Waals surface area contributed by atoms with E-state index in [1.807, 2.05) is 0 Å². The van der Waals surface area contributed by atoms with E-state index in [9.17, 15) is 13.3 Å². The zero-order valence-electron chi connectivity index (χ0n) is 13.4.